The number of allylic oxidation sites excluding steroid dienone is 2. The highest BCUT2D eigenvalue weighted by molar-refractivity contribution is 8.04. The number of benzene rings is 2. The first-order valence-corrected chi connectivity index (χ1v) is 6.54. The van der Waals surface area contributed by atoms with Crippen LogP contribution in [0.4, 0.5) is 0 Å². The molecule has 0 N–H and O–H groups in total. The Bertz CT molecular complexity index is 579. The SMILES string of the molecule is C=C(C)/C=C(/Cl)Sc1cccc2ccccc12. The smallest absolute Gasteiger partial charge is 0.0785 e. The number of hydrogen-bond acceptors (Lipinski definition) is 1. The Labute approximate surface area is 111 Å². The fraction of sp³-hybridized carbons (Fsp3) is 0.0667. The van der Waals surface area contributed by atoms with E-state index in [0.717, 1.165) is 9.94 Å². The number of hydrogen-bond donors (Lipinski definition) is 0. The third kappa shape index (κ3) is 3.15. The van der Waals surface area contributed by atoms with E-state index in [9.17, 15) is 0 Å². The molecule has 0 unspecified atom stereocenters. The summed E-state index contributed by atoms with van der Waals surface area (Å²) in [6.45, 7) is 5.76. The molecule has 2 aromatic rings. The molecule has 0 nitrogen and oxygen atoms in total. The first-order chi connectivity index (χ1) is 8.16. The van der Waals surface area contributed by atoms with Crippen molar-refractivity contribution in [3.05, 3.63) is 65.1 Å². The van der Waals surface area contributed by atoms with Crippen molar-refractivity contribution < 1.29 is 0 Å². The van der Waals surface area contributed by atoms with E-state index in [1.54, 1.807) is 11.8 Å². The minimum Gasteiger partial charge on any atom is -0.0960 e. The second-order valence-corrected chi connectivity index (χ2v) is 5.59. The van der Waals surface area contributed by atoms with Crippen LogP contribution in [-0.4, -0.2) is 0 Å². The zero-order valence-electron chi connectivity index (χ0n) is 9.61. The number of halogens is 1. The van der Waals surface area contributed by atoms with Gasteiger partial charge in [-0.05, 0) is 29.8 Å². The summed E-state index contributed by atoms with van der Waals surface area (Å²) in [7, 11) is 0. The second-order valence-electron chi connectivity index (χ2n) is 3.87. The Kier molecular flexibility index (Phi) is 3.93. The summed E-state index contributed by atoms with van der Waals surface area (Å²) in [4.78, 5) is 1.17. The molecule has 0 amide bonds. The maximum Gasteiger partial charge on any atom is 0.0785 e. The Morgan fingerprint density at radius 3 is 2.65 bits per heavy atom. The molecule has 0 aromatic heterocycles. The fourth-order valence-electron chi connectivity index (χ4n) is 1.61. The number of thioether (sulfide) groups is 1. The maximum atomic E-state index is 6.17. The van der Waals surface area contributed by atoms with Crippen molar-refractivity contribution in [3.8, 4) is 0 Å². The van der Waals surface area contributed by atoms with Crippen LogP contribution < -0.4 is 0 Å². The molecular weight excluding hydrogens is 248 g/mol. The summed E-state index contributed by atoms with van der Waals surface area (Å²) in [5.41, 5.74) is 0.961. The van der Waals surface area contributed by atoms with Crippen LogP contribution in [0.2, 0.25) is 0 Å². The summed E-state index contributed by atoms with van der Waals surface area (Å²) in [6.07, 6.45) is 1.88. The first kappa shape index (κ1) is 12.3. The molecule has 0 aliphatic carbocycles. The molecule has 0 bridgehead atoms. The zero-order valence-corrected chi connectivity index (χ0v) is 11.2. The van der Waals surface area contributed by atoms with Crippen LogP contribution in [0.1, 0.15) is 6.92 Å². The van der Waals surface area contributed by atoms with E-state index < -0.39 is 0 Å². The molecule has 2 heteroatoms. The average molecular weight is 261 g/mol. The highest BCUT2D eigenvalue weighted by Crippen LogP contribution is 2.35. The van der Waals surface area contributed by atoms with Crippen LogP contribution in [-0.2, 0) is 0 Å². The van der Waals surface area contributed by atoms with Crippen molar-refractivity contribution in [2.24, 2.45) is 0 Å². The molecule has 0 aliphatic heterocycles. The van der Waals surface area contributed by atoms with E-state index in [1.165, 1.54) is 15.7 Å². The lowest BCUT2D eigenvalue weighted by molar-refractivity contribution is 1.54. The van der Waals surface area contributed by atoms with Gasteiger partial charge in [0.1, 0.15) is 0 Å². The van der Waals surface area contributed by atoms with Gasteiger partial charge in [0.2, 0.25) is 0 Å². The van der Waals surface area contributed by atoms with Crippen LogP contribution >= 0.6 is 23.4 Å². The van der Waals surface area contributed by atoms with Gasteiger partial charge in [0.25, 0.3) is 0 Å². The van der Waals surface area contributed by atoms with Crippen molar-refractivity contribution in [2.45, 2.75) is 11.8 Å². The second kappa shape index (κ2) is 5.44. The van der Waals surface area contributed by atoms with Crippen molar-refractivity contribution in [1.29, 1.82) is 0 Å². The van der Waals surface area contributed by atoms with Crippen molar-refractivity contribution in [3.63, 3.8) is 0 Å². The van der Waals surface area contributed by atoms with Gasteiger partial charge in [-0.3, -0.25) is 0 Å². The summed E-state index contributed by atoms with van der Waals surface area (Å²) < 4.78 is 0.744. The van der Waals surface area contributed by atoms with Crippen LogP contribution in [0.5, 0.6) is 0 Å². The van der Waals surface area contributed by atoms with Gasteiger partial charge >= 0.3 is 0 Å². The minimum absolute atomic E-state index is 0.744. The van der Waals surface area contributed by atoms with E-state index >= 15 is 0 Å². The van der Waals surface area contributed by atoms with Gasteiger partial charge in [-0.1, -0.05) is 71.9 Å². The Hall–Kier alpha value is -1.18. The third-order valence-electron chi connectivity index (χ3n) is 2.32. The normalized spacial score (nSPS) is 11.8. The molecule has 0 radical (unpaired) electrons. The molecule has 86 valence electrons. The fourth-order valence-corrected chi connectivity index (χ4v) is 2.96. The van der Waals surface area contributed by atoms with Gasteiger partial charge in [-0.2, -0.15) is 0 Å². The molecule has 0 aliphatic rings. The van der Waals surface area contributed by atoms with Crippen molar-refractivity contribution in [2.75, 3.05) is 0 Å². The quantitative estimate of drug-likeness (QED) is 0.512. The highest BCUT2D eigenvalue weighted by Gasteiger charge is 2.02. The average Bonchev–Trinajstić information content (AvgIpc) is 2.28. The summed E-state index contributed by atoms with van der Waals surface area (Å²) >= 11 is 7.74. The Morgan fingerprint density at radius 2 is 1.88 bits per heavy atom. The predicted molar refractivity (Wildman–Crippen MR) is 78.6 cm³/mol. The number of rotatable bonds is 3. The molecule has 2 aromatic carbocycles. The van der Waals surface area contributed by atoms with Crippen LogP contribution in [0.25, 0.3) is 10.8 Å². The molecular formula is C15H13ClS. The lowest BCUT2D eigenvalue weighted by Crippen LogP contribution is -1.77. The molecule has 0 atom stereocenters. The van der Waals surface area contributed by atoms with Gasteiger partial charge in [0.15, 0.2) is 0 Å². The minimum atomic E-state index is 0.744. The van der Waals surface area contributed by atoms with E-state index in [-0.39, 0.29) is 0 Å². The number of fused-ring (bicyclic) bond motifs is 1. The standard InChI is InChI=1S/C15H13ClS/c1-11(2)10-15(16)17-14-9-5-7-12-6-3-4-8-13(12)14/h3-10H,1H2,2H3/b15-10-. The van der Waals surface area contributed by atoms with E-state index in [1.807, 2.05) is 25.1 Å². The molecule has 17 heavy (non-hydrogen) atoms. The molecule has 0 spiro atoms. The van der Waals surface area contributed by atoms with E-state index in [0.29, 0.717) is 0 Å². The molecule has 0 fully saturated rings. The molecule has 0 saturated heterocycles. The monoisotopic (exact) mass is 260 g/mol. The van der Waals surface area contributed by atoms with Gasteiger partial charge in [0, 0.05) is 4.90 Å². The maximum absolute atomic E-state index is 6.17. The van der Waals surface area contributed by atoms with E-state index in [4.69, 9.17) is 11.6 Å². The topological polar surface area (TPSA) is 0 Å². The Morgan fingerprint density at radius 1 is 1.18 bits per heavy atom. The summed E-state index contributed by atoms with van der Waals surface area (Å²) in [6, 6.07) is 14.6. The van der Waals surface area contributed by atoms with Gasteiger partial charge < -0.3 is 0 Å². The highest BCUT2D eigenvalue weighted by atomic mass is 35.5. The van der Waals surface area contributed by atoms with Crippen molar-refractivity contribution in [1.82, 2.24) is 0 Å². The first-order valence-electron chi connectivity index (χ1n) is 5.35. The van der Waals surface area contributed by atoms with Crippen molar-refractivity contribution >= 4 is 34.1 Å². The largest absolute Gasteiger partial charge is 0.0960 e. The predicted octanol–water partition coefficient (Wildman–Crippen LogP) is 5.59. The molecule has 0 heterocycles. The van der Waals surface area contributed by atoms with Crippen LogP contribution in [0.3, 0.4) is 0 Å². The van der Waals surface area contributed by atoms with Gasteiger partial charge in [-0.15, -0.1) is 0 Å². The Balaban J connectivity index is 2.39. The third-order valence-corrected chi connectivity index (χ3v) is 3.55. The zero-order chi connectivity index (χ0) is 12.3. The van der Waals surface area contributed by atoms with Gasteiger partial charge in [0.05, 0.1) is 4.36 Å². The van der Waals surface area contributed by atoms with Crippen LogP contribution in [0.15, 0.2) is 70.0 Å². The summed E-state index contributed by atoms with van der Waals surface area (Å²) in [5.74, 6) is 0. The van der Waals surface area contributed by atoms with E-state index in [2.05, 4.69) is 36.9 Å². The lowest BCUT2D eigenvalue weighted by Gasteiger charge is -2.05. The lowest BCUT2D eigenvalue weighted by atomic mass is 10.1. The molecule has 0 saturated carbocycles. The van der Waals surface area contributed by atoms with Crippen LogP contribution in [0, 0.1) is 0 Å². The summed E-state index contributed by atoms with van der Waals surface area (Å²) in [5, 5.41) is 2.46. The molecule has 2 rings (SSSR count). The van der Waals surface area contributed by atoms with Gasteiger partial charge in [-0.25, -0.2) is 0 Å².